The number of esters is 1. The van der Waals surface area contributed by atoms with Gasteiger partial charge in [0.1, 0.15) is 6.10 Å². The molecule has 2 N–H and O–H groups in total. The molecule has 2 aromatic rings. The lowest BCUT2D eigenvalue weighted by Crippen LogP contribution is -2.33. The highest BCUT2D eigenvalue weighted by atomic mass is 16.6. The summed E-state index contributed by atoms with van der Waals surface area (Å²) in [5.41, 5.74) is 2.25. The maximum Gasteiger partial charge on any atom is 0.328 e. The molecule has 0 spiro atoms. The van der Waals surface area contributed by atoms with E-state index in [1.165, 1.54) is 5.56 Å². The Bertz CT molecular complexity index is 893. The monoisotopic (exact) mass is 439 g/mol. The molecule has 1 aliphatic rings. The van der Waals surface area contributed by atoms with E-state index in [0.29, 0.717) is 12.2 Å². The molecule has 0 bridgehead atoms. The topological polar surface area (TPSA) is 104 Å². The zero-order valence-electron chi connectivity index (χ0n) is 18.3. The molecule has 170 valence electrons. The zero-order chi connectivity index (χ0) is 23.5. The Hall–Kier alpha value is -3.45. The van der Waals surface area contributed by atoms with E-state index in [9.17, 15) is 14.4 Å². The number of nitrogens with zero attached hydrogens (tertiary/aromatic N) is 1. The predicted molar refractivity (Wildman–Crippen MR) is 120 cm³/mol. The summed E-state index contributed by atoms with van der Waals surface area (Å²) >= 11 is 0. The van der Waals surface area contributed by atoms with Crippen LogP contribution >= 0.6 is 0 Å². The van der Waals surface area contributed by atoms with Crippen LogP contribution in [-0.4, -0.2) is 52.7 Å². The van der Waals surface area contributed by atoms with Gasteiger partial charge in [-0.15, -0.1) is 0 Å². The van der Waals surface area contributed by atoms with E-state index in [1.807, 2.05) is 48.5 Å². The van der Waals surface area contributed by atoms with Crippen LogP contribution in [0.1, 0.15) is 37.0 Å². The summed E-state index contributed by atoms with van der Waals surface area (Å²) in [6.07, 6.45) is 0.909. The van der Waals surface area contributed by atoms with Crippen molar-refractivity contribution in [3.63, 3.8) is 0 Å². The summed E-state index contributed by atoms with van der Waals surface area (Å²) in [6.45, 7) is 6.90. The van der Waals surface area contributed by atoms with Gasteiger partial charge < -0.3 is 19.8 Å². The third kappa shape index (κ3) is 7.06. The normalized spacial score (nSPS) is 20.0. The highest BCUT2D eigenvalue weighted by Crippen LogP contribution is 2.46. The van der Waals surface area contributed by atoms with Gasteiger partial charge >= 0.3 is 17.9 Å². The van der Waals surface area contributed by atoms with Crippen LogP contribution in [0.2, 0.25) is 0 Å². The summed E-state index contributed by atoms with van der Waals surface area (Å²) in [5.74, 6) is -2.66. The van der Waals surface area contributed by atoms with Crippen LogP contribution in [0.3, 0.4) is 0 Å². The fourth-order valence-electron chi connectivity index (χ4n) is 3.73. The van der Waals surface area contributed by atoms with Gasteiger partial charge in [-0.3, -0.25) is 4.79 Å². The summed E-state index contributed by atoms with van der Waals surface area (Å²) in [5, 5.41) is 15.6. The number of carboxylic acids is 2. The number of carboxylic acid groups (broad SMARTS) is 2. The van der Waals surface area contributed by atoms with E-state index in [0.717, 1.165) is 25.2 Å². The van der Waals surface area contributed by atoms with Crippen molar-refractivity contribution in [2.75, 3.05) is 19.6 Å². The second kappa shape index (κ2) is 12.4. The van der Waals surface area contributed by atoms with Crippen LogP contribution in [0.5, 0.6) is 0 Å². The van der Waals surface area contributed by atoms with E-state index < -0.39 is 11.9 Å². The molecule has 0 aliphatic carbocycles. The van der Waals surface area contributed by atoms with Gasteiger partial charge in [0.25, 0.3) is 0 Å². The molecule has 7 nitrogen and oxygen atoms in total. The van der Waals surface area contributed by atoms with Gasteiger partial charge in [0.15, 0.2) is 0 Å². The Morgan fingerprint density at radius 3 is 1.78 bits per heavy atom. The van der Waals surface area contributed by atoms with Crippen LogP contribution in [0.25, 0.3) is 0 Å². The molecule has 0 saturated carbocycles. The van der Waals surface area contributed by atoms with E-state index in [2.05, 4.69) is 30.9 Å². The van der Waals surface area contributed by atoms with Crippen molar-refractivity contribution in [2.45, 2.75) is 25.9 Å². The van der Waals surface area contributed by atoms with Crippen LogP contribution in [0.15, 0.2) is 72.8 Å². The third-order valence-corrected chi connectivity index (χ3v) is 5.34. The quantitative estimate of drug-likeness (QED) is 0.477. The van der Waals surface area contributed by atoms with Crippen molar-refractivity contribution in [1.82, 2.24) is 4.90 Å². The molecule has 0 amide bonds. The number of hydrogen-bond donors (Lipinski definition) is 2. The smallest absolute Gasteiger partial charge is 0.328 e. The van der Waals surface area contributed by atoms with Gasteiger partial charge in [-0.2, -0.15) is 0 Å². The third-order valence-electron chi connectivity index (χ3n) is 5.34. The molecule has 1 aliphatic heterocycles. The standard InChI is InChI=1S/C21H25NO2.C4H4O4/c1-3-22(4-2)15-18-19(16-11-7-5-8-12-16)20(24-21(18)23)17-13-9-6-10-14-17;5-3(6)1-2-4(7)8/h5-14,18-20H,3-4,15H2,1-2H3;1-2H,(H,5,6)(H,7,8)/b;2-1+/t18-,19-,20+;/m1./s1. The van der Waals surface area contributed by atoms with Gasteiger partial charge in [-0.05, 0) is 24.2 Å². The van der Waals surface area contributed by atoms with Gasteiger partial charge in [-0.1, -0.05) is 74.5 Å². The van der Waals surface area contributed by atoms with Crippen LogP contribution < -0.4 is 0 Å². The van der Waals surface area contributed by atoms with Crippen LogP contribution in [-0.2, 0) is 19.1 Å². The number of carbonyl (C=O) groups is 3. The number of cyclic esters (lactones) is 1. The molecule has 1 heterocycles. The Morgan fingerprint density at radius 1 is 0.875 bits per heavy atom. The first kappa shape index (κ1) is 24.8. The van der Waals surface area contributed by atoms with E-state index in [-0.39, 0.29) is 23.9 Å². The maximum atomic E-state index is 12.7. The minimum atomic E-state index is -1.26. The molecule has 32 heavy (non-hydrogen) atoms. The molecule has 0 unspecified atom stereocenters. The second-order valence-corrected chi connectivity index (χ2v) is 7.31. The van der Waals surface area contributed by atoms with Crippen molar-refractivity contribution < 1.29 is 29.3 Å². The first-order chi connectivity index (χ1) is 15.4. The predicted octanol–water partition coefficient (Wildman–Crippen LogP) is 3.74. The Morgan fingerprint density at radius 2 is 1.34 bits per heavy atom. The molecule has 1 fully saturated rings. The summed E-state index contributed by atoms with van der Waals surface area (Å²) in [7, 11) is 0. The van der Waals surface area contributed by atoms with Gasteiger partial charge in [0.2, 0.25) is 0 Å². The molecular weight excluding hydrogens is 410 g/mol. The Kier molecular flexibility index (Phi) is 9.63. The summed E-state index contributed by atoms with van der Waals surface area (Å²) < 4.78 is 5.85. The first-order valence-corrected chi connectivity index (χ1v) is 10.5. The first-order valence-electron chi connectivity index (χ1n) is 10.5. The summed E-state index contributed by atoms with van der Waals surface area (Å²) in [6, 6.07) is 20.4. The van der Waals surface area contributed by atoms with E-state index >= 15 is 0 Å². The van der Waals surface area contributed by atoms with Gasteiger partial charge in [-0.25, -0.2) is 9.59 Å². The van der Waals surface area contributed by atoms with Gasteiger partial charge in [0, 0.05) is 24.6 Å². The maximum absolute atomic E-state index is 12.7. The Labute approximate surface area is 187 Å². The van der Waals surface area contributed by atoms with Crippen LogP contribution in [0.4, 0.5) is 0 Å². The average molecular weight is 440 g/mol. The lowest BCUT2D eigenvalue weighted by molar-refractivity contribution is -0.145. The molecule has 3 atom stereocenters. The van der Waals surface area contributed by atoms with Crippen molar-refractivity contribution in [1.29, 1.82) is 0 Å². The van der Waals surface area contributed by atoms with E-state index in [1.54, 1.807) is 0 Å². The van der Waals surface area contributed by atoms with Crippen molar-refractivity contribution in [3.05, 3.63) is 83.9 Å². The minimum Gasteiger partial charge on any atom is -0.478 e. The number of carbonyl (C=O) groups excluding carboxylic acids is 1. The van der Waals surface area contributed by atoms with Crippen molar-refractivity contribution in [2.24, 2.45) is 5.92 Å². The average Bonchev–Trinajstić information content (AvgIpc) is 3.13. The molecule has 3 rings (SSSR count). The largest absolute Gasteiger partial charge is 0.478 e. The lowest BCUT2D eigenvalue weighted by atomic mass is 9.81. The highest BCUT2D eigenvalue weighted by Gasteiger charge is 2.46. The Balaban J connectivity index is 0.000000390. The minimum absolute atomic E-state index is 0.0571. The SMILES string of the molecule is CCN(CC)C[C@H]1C(=O)O[C@@H](c2ccccc2)[C@@H]1c1ccccc1.O=C(O)/C=C/C(=O)O. The summed E-state index contributed by atoms with van der Waals surface area (Å²) in [4.78, 5) is 34.1. The van der Waals surface area contributed by atoms with Crippen LogP contribution in [0, 0.1) is 5.92 Å². The molecule has 0 aromatic heterocycles. The van der Waals surface area contributed by atoms with E-state index in [4.69, 9.17) is 14.9 Å². The molecular formula is C25H29NO6. The number of ether oxygens (including phenoxy) is 1. The molecule has 2 aromatic carbocycles. The second-order valence-electron chi connectivity index (χ2n) is 7.31. The zero-order valence-corrected chi connectivity index (χ0v) is 18.3. The molecule has 0 radical (unpaired) electrons. The fraction of sp³-hybridized carbons (Fsp3) is 0.320. The number of hydrogen-bond acceptors (Lipinski definition) is 5. The highest BCUT2D eigenvalue weighted by molar-refractivity contribution is 5.89. The molecule has 7 heteroatoms. The van der Waals surface area contributed by atoms with Gasteiger partial charge in [0.05, 0.1) is 5.92 Å². The van der Waals surface area contributed by atoms with Crippen molar-refractivity contribution in [3.8, 4) is 0 Å². The lowest BCUT2D eigenvalue weighted by Gasteiger charge is -2.26. The van der Waals surface area contributed by atoms with Crippen molar-refractivity contribution >= 4 is 17.9 Å². The molecule has 1 saturated heterocycles. The number of rotatable bonds is 8. The number of aliphatic carboxylic acids is 2. The fourth-order valence-corrected chi connectivity index (χ4v) is 3.73. The number of benzene rings is 2.